The number of nitrogens with zero attached hydrogens (tertiary/aromatic N) is 1. The summed E-state index contributed by atoms with van der Waals surface area (Å²) in [4.78, 5) is 2.01. The molecule has 0 aliphatic rings. The van der Waals surface area contributed by atoms with E-state index in [-0.39, 0.29) is 5.82 Å². The van der Waals surface area contributed by atoms with Crippen molar-refractivity contribution in [3.63, 3.8) is 0 Å². The van der Waals surface area contributed by atoms with E-state index in [0.717, 1.165) is 18.4 Å². The van der Waals surface area contributed by atoms with Crippen molar-refractivity contribution in [2.75, 3.05) is 11.9 Å². The zero-order chi connectivity index (χ0) is 12.1. The van der Waals surface area contributed by atoms with Gasteiger partial charge in [-0.2, -0.15) is 0 Å². The third-order valence-corrected chi connectivity index (χ3v) is 3.56. The van der Waals surface area contributed by atoms with Crippen LogP contribution in [-0.4, -0.2) is 13.1 Å². The average Bonchev–Trinajstić information content (AvgIpc) is 2.28. The fourth-order valence-electron chi connectivity index (χ4n) is 1.77. The molecule has 0 N–H and O–H groups in total. The molecule has 1 unspecified atom stereocenters. The zero-order valence-corrected chi connectivity index (χ0v) is 11.7. The Labute approximate surface area is 106 Å². The van der Waals surface area contributed by atoms with E-state index in [2.05, 4.69) is 29.8 Å². The minimum Gasteiger partial charge on any atom is -0.370 e. The molecule has 0 heterocycles. The Morgan fingerprint density at radius 2 is 2.12 bits per heavy atom. The largest absolute Gasteiger partial charge is 0.370 e. The summed E-state index contributed by atoms with van der Waals surface area (Å²) in [6, 6.07) is 5.79. The molecule has 3 heteroatoms. The Hall–Kier alpha value is -0.570. The molecule has 0 aliphatic carbocycles. The lowest BCUT2D eigenvalue weighted by molar-refractivity contribution is 0.581. The predicted molar refractivity (Wildman–Crippen MR) is 71.8 cm³/mol. The van der Waals surface area contributed by atoms with Crippen LogP contribution in [0.2, 0.25) is 0 Å². The van der Waals surface area contributed by atoms with Crippen LogP contribution in [0.3, 0.4) is 0 Å². The van der Waals surface area contributed by atoms with Gasteiger partial charge in [0.25, 0.3) is 0 Å². The third kappa shape index (κ3) is 3.21. The van der Waals surface area contributed by atoms with Gasteiger partial charge < -0.3 is 4.90 Å². The van der Waals surface area contributed by atoms with Gasteiger partial charge in [-0.15, -0.1) is 0 Å². The molecule has 0 spiro atoms. The van der Waals surface area contributed by atoms with Gasteiger partial charge in [-0.3, -0.25) is 0 Å². The highest BCUT2D eigenvalue weighted by atomic mass is 79.9. The van der Waals surface area contributed by atoms with Crippen LogP contribution in [-0.2, 0) is 5.33 Å². The number of anilines is 1. The van der Waals surface area contributed by atoms with Gasteiger partial charge >= 0.3 is 0 Å². The predicted octanol–water partition coefficient (Wildman–Crippen LogP) is 4.35. The quantitative estimate of drug-likeness (QED) is 0.728. The van der Waals surface area contributed by atoms with Crippen LogP contribution in [0.4, 0.5) is 10.1 Å². The molecule has 0 aromatic heterocycles. The van der Waals surface area contributed by atoms with Crippen molar-refractivity contribution in [3.8, 4) is 0 Å². The number of hydrogen-bond acceptors (Lipinski definition) is 1. The average molecular weight is 288 g/mol. The van der Waals surface area contributed by atoms with E-state index in [4.69, 9.17) is 0 Å². The first-order chi connectivity index (χ1) is 7.60. The number of alkyl halides is 1. The van der Waals surface area contributed by atoms with Gasteiger partial charge in [0.1, 0.15) is 5.82 Å². The molecule has 1 rings (SSSR count). The molecule has 0 radical (unpaired) electrons. The van der Waals surface area contributed by atoms with Crippen molar-refractivity contribution >= 4 is 21.6 Å². The van der Waals surface area contributed by atoms with Crippen LogP contribution >= 0.6 is 15.9 Å². The Kier molecular flexibility index (Phi) is 5.26. The van der Waals surface area contributed by atoms with Gasteiger partial charge in [0, 0.05) is 18.4 Å². The fraction of sp³-hybridized carbons (Fsp3) is 0.538. The van der Waals surface area contributed by atoms with E-state index in [9.17, 15) is 4.39 Å². The summed E-state index contributed by atoms with van der Waals surface area (Å²) in [6.45, 7) is 4.27. The topological polar surface area (TPSA) is 3.24 Å². The van der Waals surface area contributed by atoms with E-state index in [1.807, 2.05) is 24.1 Å². The number of benzene rings is 1. The molecule has 0 saturated heterocycles. The van der Waals surface area contributed by atoms with E-state index in [1.54, 1.807) is 6.07 Å². The van der Waals surface area contributed by atoms with Crippen LogP contribution in [0.1, 0.15) is 32.3 Å². The summed E-state index contributed by atoms with van der Waals surface area (Å²) in [7, 11) is 1.95. The van der Waals surface area contributed by atoms with Crippen molar-refractivity contribution in [3.05, 3.63) is 29.6 Å². The molecule has 1 nitrogen and oxygen atoms in total. The monoisotopic (exact) mass is 287 g/mol. The van der Waals surface area contributed by atoms with E-state index >= 15 is 0 Å². The molecule has 0 fully saturated rings. The van der Waals surface area contributed by atoms with Crippen LogP contribution in [0, 0.1) is 5.82 Å². The minimum atomic E-state index is -0.137. The van der Waals surface area contributed by atoms with Gasteiger partial charge in [0.15, 0.2) is 0 Å². The van der Waals surface area contributed by atoms with Crippen molar-refractivity contribution in [2.45, 2.75) is 38.1 Å². The van der Waals surface area contributed by atoms with Gasteiger partial charge in [-0.1, -0.05) is 35.3 Å². The summed E-state index contributed by atoms with van der Waals surface area (Å²) in [5.74, 6) is -0.137. The van der Waals surface area contributed by atoms with Gasteiger partial charge in [-0.05, 0) is 31.0 Å². The molecular formula is C13H19BrFN. The number of rotatable bonds is 5. The second-order valence-electron chi connectivity index (χ2n) is 4.17. The van der Waals surface area contributed by atoms with Crippen molar-refractivity contribution < 1.29 is 4.39 Å². The Morgan fingerprint density at radius 1 is 1.44 bits per heavy atom. The van der Waals surface area contributed by atoms with Gasteiger partial charge in [0.05, 0.1) is 5.69 Å². The van der Waals surface area contributed by atoms with Gasteiger partial charge in [0.2, 0.25) is 0 Å². The van der Waals surface area contributed by atoms with Crippen molar-refractivity contribution in [2.24, 2.45) is 0 Å². The highest BCUT2D eigenvalue weighted by Gasteiger charge is 2.13. The third-order valence-electron chi connectivity index (χ3n) is 2.91. The van der Waals surface area contributed by atoms with E-state index < -0.39 is 0 Å². The first kappa shape index (κ1) is 13.5. The lowest BCUT2D eigenvalue weighted by Crippen LogP contribution is -2.29. The summed E-state index contributed by atoms with van der Waals surface area (Å²) in [6.07, 6.45) is 2.20. The van der Waals surface area contributed by atoms with Gasteiger partial charge in [-0.25, -0.2) is 4.39 Å². The molecule has 0 saturated carbocycles. The summed E-state index contributed by atoms with van der Waals surface area (Å²) >= 11 is 3.33. The molecule has 1 aromatic rings. The summed E-state index contributed by atoms with van der Waals surface area (Å²) in [5, 5.41) is 0.693. The normalized spacial score (nSPS) is 12.6. The second-order valence-corrected chi connectivity index (χ2v) is 4.73. The fourth-order valence-corrected chi connectivity index (χ4v) is 2.12. The van der Waals surface area contributed by atoms with Crippen LogP contribution in [0.5, 0.6) is 0 Å². The minimum absolute atomic E-state index is 0.137. The first-order valence-corrected chi connectivity index (χ1v) is 6.79. The Balaban J connectivity index is 2.87. The second kappa shape index (κ2) is 6.24. The number of hydrogen-bond donors (Lipinski definition) is 0. The maximum Gasteiger partial charge on any atom is 0.146 e. The van der Waals surface area contributed by atoms with E-state index in [1.165, 1.54) is 0 Å². The number of halogens is 2. The lowest BCUT2D eigenvalue weighted by atomic mass is 10.1. The first-order valence-electron chi connectivity index (χ1n) is 5.67. The zero-order valence-electron chi connectivity index (χ0n) is 10.1. The van der Waals surface area contributed by atoms with Crippen LogP contribution in [0.15, 0.2) is 18.2 Å². The molecule has 0 amide bonds. The van der Waals surface area contributed by atoms with Crippen molar-refractivity contribution in [1.29, 1.82) is 0 Å². The molecular weight excluding hydrogens is 269 g/mol. The molecule has 0 aliphatic heterocycles. The molecule has 16 heavy (non-hydrogen) atoms. The van der Waals surface area contributed by atoms with Crippen LogP contribution < -0.4 is 4.90 Å². The Morgan fingerprint density at radius 3 is 2.62 bits per heavy atom. The highest BCUT2D eigenvalue weighted by Crippen LogP contribution is 2.23. The van der Waals surface area contributed by atoms with Crippen molar-refractivity contribution in [1.82, 2.24) is 0 Å². The maximum absolute atomic E-state index is 13.8. The maximum atomic E-state index is 13.8. The molecule has 1 aromatic carbocycles. The lowest BCUT2D eigenvalue weighted by Gasteiger charge is -2.27. The molecule has 90 valence electrons. The Bertz CT molecular complexity index is 341. The highest BCUT2D eigenvalue weighted by molar-refractivity contribution is 9.08. The smallest absolute Gasteiger partial charge is 0.146 e. The van der Waals surface area contributed by atoms with Crippen LogP contribution in [0.25, 0.3) is 0 Å². The summed E-state index contributed by atoms with van der Waals surface area (Å²) < 4.78 is 13.8. The van der Waals surface area contributed by atoms with E-state index in [0.29, 0.717) is 17.1 Å². The molecule has 0 bridgehead atoms. The standard InChI is InChI=1S/C13H19BrFN/c1-4-5-10(2)16(3)13-7-6-11(9-14)8-12(13)15/h6-8,10H,4-5,9H2,1-3H3. The molecule has 1 atom stereocenters. The SMILES string of the molecule is CCCC(C)N(C)c1ccc(CBr)cc1F. The summed E-state index contributed by atoms with van der Waals surface area (Å²) in [5.41, 5.74) is 1.66.